The van der Waals surface area contributed by atoms with E-state index >= 15 is 0 Å². The second-order valence-electron chi connectivity index (χ2n) is 7.38. The summed E-state index contributed by atoms with van der Waals surface area (Å²) in [4.78, 5) is 23.6. The van der Waals surface area contributed by atoms with Crippen LogP contribution in [0.4, 0.5) is 17.3 Å². The molecule has 1 aliphatic rings. The van der Waals surface area contributed by atoms with E-state index in [1.807, 2.05) is 23.1 Å². The minimum Gasteiger partial charge on any atom is -0.324 e. The molecule has 0 fully saturated rings. The van der Waals surface area contributed by atoms with E-state index in [1.54, 1.807) is 12.4 Å². The number of amides is 1. The molecule has 4 rings (SSSR count). The average molecular weight is 372 g/mol. The quantitative estimate of drug-likeness (QED) is 0.721. The fourth-order valence-corrected chi connectivity index (χ4v) is 3.89. The zero-order chi connectivity index (χ0) is 19.7. The number of carbonyl (C=O) groups is 1. The van der Waals surface area contributed by atoms with Gasteiger partial charge in [-0.1, -0.05) is 35.9 Å². The number of aryl methyl sites for hydroxylation is 4. The highest BCUT2D eigenvalue weighted by Gasteiger charge is 2.23. The summed E-state index contributed by atoms with van der Waals surface area (Å²) >= 11 is 0. The molecule has 0 saturated carbocycles. The lowest BCUT2D eigenvalue weighted by molar-refractivity contribution is 0.0984. The highest BCUT2D eigenvalue weighted by atomic mass is 16.2. The van der Waals surface area contributed by atoms with Gasteiger partial charge in [0.2, 0.25) is 5.95 Å². The first-order chi connectivity index (χ1) is 13.5. The van der Waals surface area contributed by atoms with Gasteiger partial charge in [-0.3, -0.25) is 4.79 Å². The third-order valence-corrected chi connectivity index (χ3v) is 5.17. The number of rotatable bonds is 3. The van der Waals surface area contributed by atoms with Crippen molar-refractivity contribution in [2.75, 3.05) is 16.8 Å². The summed E-state index contributed by atoms with van der Waals surface area (Å²) in [6, 6.07) is 12.3. The van der Waals surface area contributed by atoms with Crippen molar-refractivity contribution < 1.29 is 4.79 Å². The Labute approximate surface area is 165 Å². The molecule has 28 heavy (non-hydrogen) atoms. The molecule has 1 amide bonds. The van der Waals surface area contributed by atoms with Gasteiger partial charge in [-0.15, -0.1) is 0 Å². The third-order valence-electron chi connectivity index (χ3n) is 5.17. The summed E-state index contributed by atoms with van der Waals surface area (Å²) in [6.07, 6.45) is 5.19. The van der Waals surface area contributed by atoms with Crippen LogP contribution in [0.25, 0.3) is 0 Å². The van der Waals surface area contributed by atoms with Crippen LogP contribution >= 0.6 is 0 Å². The number of nitrogens with zero attached hydrogens (tertiary/aromatic N) is 3. The topological polar surface area (TPSA) is 58.1 Å². The Morgan fingerprint density at radius 1 is 1.04 bits per heavy atom. The second kappa shape index (κ2) is 7.43. The number of hydrogen-bond acceptors (Lipinski definition) is 4. The Hall–Kier alpha value is -3.21. The van der Waals surface area contributed by atoms with Crippen molar-refractivity contribution in [1.29, 1.82) is 0 Å². The fourth-order valence-electron chi connectivity index (χ4n) is 3.89. The maximum atomic E-state index is 13.0. The minimum absolute atomic E-state index is 0.0543. The zero-order valence-corrected chi connectivity index (χ0v) is 16.5. The molecule has 0 unspecified atom stereocenters. The number of fused-ring (bicyclic) bond motifs is 1. The van der Waals surface area contributed by atoms with Gasteiger partial charge >= 0.3 is 0 Å². The fraction of sp³-hybridized carbons (Fsp3) is 0.261. The summed E-state index contributed by atoms with van der Waals surface area (Å²) in [5.41, 5.74) is 7.23. The number of carbonyl (C=O) groups excluding carboxylic acids is 1. The second-order valence-corrected chi connectivity index (χ2v) is 7.38. The van der Waals surface area contributed by atoms with E-state index in [2.05, 4.69) is 54.3 Å². The maximum absolute atomic E-state index is 13.0. The molecule has 1 aliphatic heterocycles. The van der Waals surface area contributed by atoms with Crippen LogP contribution in [0.1, 0.15) is 39.0 Å². The van der Waals surface area contributed by atoms with Gasteiger partial charge in [0.25, 0.3) is 5.91 Å². The van der Waals surface area contributed by atoms with Crippen LogP contribution in [-0.4, -0.2) is 22.4 Å². The molecule has 1 N–H and O–H groups in total. The number of anilines is 3. The molecule has 5 heteroatoms. The standard InChI is InChI=1S/C23H24N4O/c1-15-11-16(2)21(17(3)12-15)26-23-24-13-19(14-25-23)22(28)27-10-6-8-18-7-4-5-9-20(18)27/h4-5,7,9,11-14H,6,8,10H2,1-3H3,(H,24,25,26). The van der Waals surface area contributed by atoms with Crippen molar-refractivity contribution in [2.45, 2.75) is 33.6 Å². The molecule has 0 radical (unpaired) electrons. The highest BCUT2D eigenvalue weighted by Crippen LogP contribution is 2.28. The molecule has 0 aliphatic carbocycles. The van der Waals surface area contributed by atoms with Crippen molar-refractivity contribution in [3.05, 3.63) is 76.6 Å². The van der Waals surface area contributed by atoms with Crippen LogP contribution in [0, 0.1) is 20.8 Å². The van der Waals surface area contributed by atoms with Gasteiger partial charge in [0.1, 0.15) is 0 Å². The molecule has 2 aromatic carbocycles. The van der Waals surface area contributed by atoms with Crippen LogP contribution in [0.5, 0.6) is 0 Å². The number of para-hydroxylation sites is 1. The molecule has 5 nitrogen and oxygen atoms in total. The van der Waals surface area contributed by atoms with Gasteiger partial charge in [0.05, 0.1) is 5.56 Å². The lowest BCUT2D eigenvalue weighted by atomic mass is 10.0. The Bertz CT molecular complexity index is 1000. The normalized spacial score (nSPS) is 13.2. The molecular formula is C23H24N4O. The highest BCUT2D eigenvalue weighted by molar-refractivity contribution is 6.06. The molecule has 3 aromatic rings. The van der Waals surface area contributed by atoms with E-state index in [-0.39, 0.29) is 5.91 Å². The monoisotopic (exact) mass is 372 g/mol. The van der Waals surface area contributed by atoms with Crippen molar-refractivity contribution >= 4 is 23.2 Å². The minimum atomic E-state index is -0.0543. The summed E-state index contributed by atoms with van der Waals surface area (Å²) in [5.74, 6) is 0.437. The first kappa shape index (κ1) is 18.2. The van der Waals surface area contributed by atoms with Gasteiger partial charge in [0, 0.05) is 30.3 Å². The van der Waals surface area contributed by atoms with E-state index in [4.69, 9.17) is 0 Å². The molecule has 0 saturated heterocycles. The Balaban J connectivity index is 1.55. The van der Waals surface area contributed by atoms with Gasteiger partial charge in [-0.25, -0.2) is 9.97 Å². The lowest BCUT2D eigenvalue weighted by Gasteiger charge is -2.29. The molecule has 0 bridgehead atoms. The van der Waals surface area contributed by atoms with E-state index in [9.17, 15) is 4.79 Å². The number of hydrogen-bond donors (Lipinski definition) is 1. The lowest BCUT2D eigenvalue weighted by Crippen LogP contribution is -2.35. The number of nitrogens with one attached hydrogen (secondary N) is 1. The Morgan fingerprint density at radius 2 is 1.71 bits per heavy atom. The van der Waals surface area contributed by atoms with E-state index < -0.39 is 0 Å². The zero-order valence-electron chi connectivity index (χ0n) is 16.5. The predicted octanol–water partition coefficient (Wildman–Crippen LogP) is 4.74. The van der Waals surface area contributed by atoms with Crippen LogP contribution in [-0.2, 0) is 6.42 Å². The molecule has 0 spiro atoms. The van der Waals surface area contributed by atoms with Gasteiger partial charge in [-0.05, 0) is 56.4 Å². The van der Waals surface area contributed by atoms with Gasteiger partial charge < -0.3 is 10.2 Å². The van der Waals surface area contributed by atoms with Crippen molar-refractivity contribution in [3.63, 3.8) is 0 Å². The van der Waals surface area contributed by atoms with Crippen LogP contribution in [0.15, 0.2) is 48.8 Å². The number of benzene rings is 2. The number of aromatic nitrogens is 2. The SMILES string of the molecule is Cc1cc(C)c(Nc2ncc(C(=O)N3CCCc4ccccc43)cn2)c(C)c1. The summed E-state index contributed by atoms with van der Waals surface area (Å²) in [5, 5.41) is 3.28. The van der Waals surface area contributed by atoms with Gasteiger partial charge in [-0.2, -0.15) is 0 Å². The first-order valence-corrected chi connectivity index (χ1v) is 9.59. The van der Waals surface area contributed by atoms with Crippen molar-refractivity contribution in [2.24, 2.45) is 0 Å². The van der Waals surface area contributed by atoms with Crippen molar-refractivity contribution in [1.82, 2.24) is 9.97 Å². The van der Waals surface area contributed by atoms with Crippen LogP contribution in [0.3, 0.4) is 0 Å². The average Bonchev–Trinajstić information content (AvgIpc) is 2.70. The van der Waals surface area contributed by atoms with Gasteiger partial charge in [0.15, 0.2) is 0 Å². The largest absolute Gasteiger partial charge is 0.324 e. The molecule has 142 valence electrons. The molecular weight excluding hydrogens is 348 g/mol. The smallest absolute Gasteiger partial charge is 0.261 e. The summed E-state index contributed by atoms with van der Waals surface area (Å²) in [7, 11) is 0. The summed E-state index contributed by atoms with van der Waals surface area (Å²) in [6.45, 7) is 6.93. The third kappa shape index (κ3) is 3.48. The first-order valence-electron chi connectivity index (χ1n) is 9.59. The molecule has 1 aromatic heterocycles. The Morgan fingerprint density at radius 3 is 2.43 bits per heavy atom. The molecule has 2 heterocycles. The Kier molecular flexibility index (Phi) is 4.82. The van der Waals surface area contributed by atoms with Crippen molar-refractivity contribution in [3.8, 4) is 0 Å². The van der Waals surface area contributed by atoms with E-state index in [1.165, 1.54) is 11.1 Å². The summed E-state index contributed by atoms with van der Waals surface area (Å²) < 4.78 is 0. The van der Waals surface area contributed by atoms with E-state index in [0.29, 0.717) is 11.5 Å². The predicted molar refractivity (Wildman–Crippen MR) is 112 cm³/mol. The van der Waals surface area contributed by atoms with E-state index in [0.717, 1.165) is 41.9 Å². The van der Waals surface area contributed by atoms with Crippen LogP contribution < -0.4 is 10.2 Å². The molecule has 0 atom stereocenters. The van der Waals surface area contributed by atoms with Crippen LogP contribution in [0.2, 0.25) is 0 Å². The maximum Gasteiger partial charge on any atom is 0.261 e.